The molecule has 0 spiro atoms. The Hall–Kier alpha value is -2.66. The van der Waals surface area contributed by atoms with Crippen molar-refractivity contribution in [3.8, 4) is 0 Å². The number of imidazole rings is 1. The molecule has 1 saturated heterocycles. The molecule has 0 radical (unpaired) electrons. The minimum atomic E-state index is -4.94. The predicted molar refractivity (Wildman–Crippen MR) is 102 cm³/mol. The van der Waals surface area contributed by atoms with Crippen LogP contribution in [0.5, 0.6) is 0 Å². The summed E-state index contributed by atoms with van der Waals surface area (Å²) < 4.78 is 42.6. The number of aliphatic hydroxyl groups is 3. The van der Waals surface area contributed by atoms with Crippen LogP contribution in [0, 0.1) is 17.2 Å². The minimum absolute atomic E-state index is 0.356. The first-order valence-electron chi connectivity index (χ1n) is 9.92. The third-order valence-corrected chi connectivity index (χ3v) is 5.15. The molecule has 1 aliphatic rings. The Balaban J connectivity index is 0.000000588. The zero-order chi connectivity index (χ0) is 25.0. The van der Waals surface area contributed by atoms with Crippen LogP contribution in [0.4, 0.5) is 5.82 Å². The summed E-state index contributed by atoms with van der Waals surface area (Å²) in [5.41, 5.74) is 3.14. The number of nitrogens with zero attached hydrogens (tertiary/aromatic N) is 4. The van der Waals surface area contributed by atoms with Crippen LogP contribution in [0.15, 0.2) is 36.9 Å². The molecule has 4 N–H and O–H groups in total. The van der Waals surface area contributed by atoms with Crippen molar-refractivity contribution in [3.63, 3.8) is 0 Å². The molecular formula is C19H24ClN5O9. The van der Waals surface area contributed by atoms with Gasteiger partial charge in [0.05, 0.1) is 13.7 Å². The van der Waals surface area contributed by atoms with Crippen molar-refractivity contribution in [1.82, 2.24) is 14.5 Å². The average Bonchev–Trinajstić information content (AvgIpc) is 3.32. The number of anilines is 1. The first kappa shape index (κ1) is 26.0. The number of aryl methyl sites for hydroxylation is 1. The first-order chi connectivity index (χ1) is 16.0. The van der Waals surface area contributed by atoms with Crippen molar-refractivity contribution in [2.24, 2.45) is 0 Å². The molecule has 0 aliphatic carbocycles. The average molecular weight is 502 g/mol. The predicted octanol–water partition coefficient (Wildman–Crippen LogP) is -5.45. The fraction of sp³-hybridized carbons (Fsp3) is 0.421. The Morgan fingerprint density at radius 3 is 2.44 bits per heavy atom. The van der Waals surface area contributed by atoms with Gasteiger partial charge < -0.3 is 30.2 Å². The maximum Gasteiger partial charge on any atom is 0.291 e. The van der Waals surface area contributed by atoms with Crippen LogP contribution in [-0.2, 0) is 11.3 Å². The molecule has 0 amide bonds. The highest BCUT2D eigenvalue weighted by atomic mass is 35.7. The van der Waals surface area contributed by atoms with Crippen molar-refractivity contribution in [2.75, 3.05) is 19.0 Å². The zero-order valence-corrected chi connectivity index (χ0v) is 18.9. The van der Waals surface area contributed by atoms with Gasteiger partial charge in [-0.15, -0.1) is 10.2 Å². The molecule has 3 aromatic rings. The summed E-state index contributed by atoms with van der Waals surface area (Å²) >= 11 is 0. The van der Waals surface area contributed by atoms with E-state index in [1.807, 2.05) is 31.2 Å². The third kappa shape index (κ3) is 5.87. The molecule has 15 heteroatoms. The van der Waals surface area contributed by atoms with Crippen molar-refractivity contribution in [1.29, 1.82) is 0 Å². The van der Waals surface area contributed by atoms with Gasteiger partial charge in [0.2, 0.25) is 11.2 Å². The molecule has 2 aromatic heterocycles. The molecule has 14 nitrogen and oxygen atoms in total. The monoisotopic (exact) mass is 501 g/mol. The number of benzene rings is 1. The van der Waals surface area contributed by atoms with Gasteiger partial charge in [0, 0.05) is 0 Å². The van der Waals surface area contributed by atoms with Crippen molar-refractivity contribution >= 4 is 17.0 Å². The molecule has 1 aromatic carbocycles. The lowest BCUT2D eigenvalue weighted by atomic mass is 10.1. The van der Waals surface area contributed by atoms with Gasteiger partial charge in [0.25, 0.3) is 12.1 Å². The van der Waals surface area contributed by atoms with Crippen LogP contribution in [0.3, 0.4) is 0 Å². The Bertz CT molecular complexity index is 1100. The number of halogens is 1. The maximum absolute atomic E-state index is 10.3. The largest absolute Gasteiger partial charge is 0.394 e. The van der Waals surface area contributed by atoms with E-state index in [9.17, 15) is 15.3 Å². The lowest BCUT2D eigenvalue weighted by Crippen LogP contribution is -2.68. The Morgan fingerprint density at radius 2 is 1.85 bits per heavy atom. The molecular weight excluding hydrogens is 478 g/mol. The summed E-state index contributed by atoms with van der Waals surface area (Å²) in [5, 5.41) is 32.7. The van der Waals surface area contributed by atoms with Crippen LogP contribution >= 0.6 is 0 Å². The number of ether oxygens (including phenoxy) is 1. The first-order valence-corrected chi connectivity index (χ1v) is 11.2. The topological polar surface area (TPSA) is 218 Å². The van der Waals surface area contributed by atoms with E-state index in [0.29, 0.717) is 23.6 Å². The molecule has 3 heterocycles. The van der Waals surface area contributed by atoms with E-state index in [2.05, 4.69) is 15.3 Å². The highest BCUT2D eigenvalue weighted by molar-refractivity contribution is 5.80. The van der Waals surface area contributed by atoms with Crippen molar-refractivity contribution in [2.45, 2.75) is 38.1 Å². The van der Waals surface area contributed by atoms with Gasteiger partial charge in [0.15, 0.2) is 12.8 Å². The summed E-state index contributed by atoms with van der Waals surface area (Å²) in [6.07, 6.45) is -1.21. The Labute approximate surface area is 195 Å². The number of aromatic nitrogens is 4. The van der Waals surface area contributed by atoms with Gasteiger partial charge in [0.1, 0.15) is 24.6 Å². The summed E-state index contributed by atoms with van der Waals surface area (Å²) in [6, 6.07) is 7.95. The van der Waals surface area contributed by atoms with Crippen molar-refractivity contribution in [3.05, 3.63) is 48.0 Å². The molecule has 4 atom stereocenters. The van der Waals surface area contributed by atoms with E-state index in [1.54, 1.807) is 7.05 Å². The molecule has 0 saturated carbocycles. The number of hydrogen-bond acceptors (Lipinski definition) is 12. The summed E-state index contributed by atoms with van der Waals surface area (Å²) in [5.74, 6) is 0.578. The van der Waals surface area contributed by atoms with E-state index in [0.717, 1.165) is 11.1 Å². The molecule has 1 fully saturated rings. The lowest BCUT2D eigenvalue weighted by molar-refractivity contribution is -2.00. The summed E-state index contributed by atoms with van der Waals surface area (Å²) in [6.45, 7) is 1.98. The van der Waals surface area contributed by atoms with Crippen LogP contribution in [-0.4, -0.2) is 61.8 Å². The van der Waals surface area contributed by atoms with Crippen LogP contribution < -0.4 is 33.5 Å². The third-order valence-electron chi connectivity index (χ3n) is 5.15. The number of hydrogen-bond donors (Lipinski definition) is 4. The standard InChI is InChI=1S/C19H23N5O5.ClHO4/c1-11-5-3-4-6-12(11)8-28-24-10-22-18-14(17(24)20-2)21-9-23(18)19-16(27)15(26)13(7-25)29-19;2-1(3,4)5/h3-6,9-10,13,15-16,19,25-27H,7-8H2,1-2H3;(H,2,3,4,5)/t13-,15-,16-,19-;/m1./s1. The van der Waals surface area contributed by atoms with Gasteiger partial charge in [-0.25, -0.2) is 23.6 Å². The molecule has 1 aliphatic heterocycles. The van der Waals surface area contributed by atoms with E-state index >= 15 is 0 Å². The smallest absolute Gasteiger partial charge is 0.291 e. The van der Waals surface area contributed by atoms with Gasteiger partial charge in [-0.3, -0.25) is 4.57 Å². The fourth-order valence-electron chi connectivity index (χ4n) is 3.45. The number of fused-ring (bicyclic) bond motifs is 1. The van der Waals surface area contributed by atoms with Gasteiger partial charge in [-0.05, 0) is 18.1 Å². The number of rotatable bonds is 6. The zero-order valence-electron chi connectivity index (χ0n) is 18.1. The molecule has 186 valence electrons. The van der Waals surface area contributed by atoms with Crippen molar-refractivity contribution < 1.29 is 58.5 Å². The number of nitrogens with one attached hydrogen (secondary N) is 1. The molecule has 0 unspecified atom stereocenters. The second-order valence-corrected chi connectivity index (χ2v) is 8.06. The van der Waals surface area contributed by atoms with Crippen LogP contribution in [0.25, 0.3) is 11.2 Å². The molecule has 0 bridgehead atoms. The summed E-state index contributed by atoms with van der Waals surface area (Å²) in [4.78, 5) is 14.7. The lowest BCUT2D eigenvalue weighted by Gasteiger charge is -2.17. The van der Waals surface area contributed by atoms with E-state index in [4.69, 9.17) is 28.2 Å². The maximum atomic E-state index is 10.3. The van der Waals surface area contributed by atoms with Crippen LogP contribution in [0.1, 0.15) is 17.4 Å². The highest BCUT2D eigenvalue weighted by Gasteiger charge is 2.44. The normalized spacial score (nSPS) is 22.4. The SMILES string of the molecule is CNc1c2ncn([C@@H]3O[C@H](CO)[C@@H](O)[C@H]3O)c2nc[n+]1OCc1ccccc1C.[O-][Cl+3]([O-])([O-])[O-]. The molecule has 4 rings (SSSR count). The molecule has 34 heavy (non-hydrogen) atoms. The van der Waals surface area contributed by atoms with E-state index in [-0.39, 0.29) is 0 Å². The van der Waals surface area contributed by atoms with E-state index < -0.39 is 41.4 Å². The van der Waals surface area contributed by atoms with Crippen LogP contribution in [0.2, 0.25) is 0 Å². The second kappa shape index (κ2) is 10.7. The quantitative estimate of drug-likeness (QED) is 0.232. The highest BCUT2D eigenvalue weighted by Crippen LogP contribution is 2.31. The second-order valence-electron chi connectivity index (χ2n) is 7.30. The summed E-state index contributed by atoms with van der Waals surface area (Å²) in [7, 11) is -3.20. The van der Waals surface area contributed by atoms with Gasteiger partial charge >= 0.3 is 0 Å². The minimum Gasteiger partial charge on any atom is -0.394 e. The fourth-order valence-corrected chi connectivity index (χ4v) is 3.45. The van der Waals surface area contributed by atoms with E-state index in [1.165, 1.54) is 22.0 Å². The van der Waals surface area contributed by atoms with Gasteiger partial charge in [-0.2, -0.15) is 0 Å². The Kier molecular flexibility index (Phi) is 8.19. The van der Waals surface area contributed by atoms with Gasteiger partial charge in [-0.1, -0.05) is 34.0 Å². The Morgan fingerprint density at radius 1 is 1.18 bits per heavy atom. The number of aliphatic hydroxyl groups excluding tert-OH is 3.